The van der Waals surface area contributed by atoms with Crippen molar-refractivity contribution in [1.82, 2.24) is 30.4 Å². The number of halogens is 2. The Kier molecular flexibility index (Phi) is 7.29. The van der Waals surface area contributed by atoms with Crippen molar-refractivity contribution in [3.05, 3.63) is 47.2 Å². The molecule has 6 rings (SSSR count). The number of amides is 2. The fourth-order valence-electron chi connectivity index (χ4n) is 6.03. The first kappa shape index (κ1) is 27.7. The third-order valence-corrected chi connectivity index (χ3v) is 8.67. The zero-order valence-electron chi connectivity index (χ0n) is 23.4. The molecule has 0 bridgehead atoms. The van der Waals surface area contributed by atoms with Gasteiger partial charge >= 0.3 is 0 Å². The number of carbonyl (C=O) groups is 2. The Morgan fingerprint density at radius 1 is 1.12 bits per heavy atom. The van der Waals surface area contributed by atoms with Gasteiger partial charge in [-0.3, -0.25) is 9.59 Å². The van der Waals surface area contributed by atoms with Gasteiger partial charge in [0.05, 0.1) is 48.8 Å². The minimum atomic E-state index is -2.71. The lowest BCUT2D eigenvalue weighted by atomic mass is 9.80. The topological polar surface area (TPSA) is 124 Å². The van der Waals surface area contributed by atoms with Gasteiger partial charge in [0.2, 0.25) is 11.8 Å². The van der Waals surface area contributed by atoms with Crippen LogP contribution in [0.2, 0.25) is 0 Å². The summed E-state index contributed by atoms with van der Waals surface area (Å²) in [7, 11) is 0. The van der Waals surface area contributed by atoms with E-state index in [4.69, 9.17) is 14.2 Å². The van der Waals surface area contributed by atoms with Crippen LogP contribution in [0.25, 0.3) is 5.65 Å². The second-order valence-electron chi connectivity index (χ2n) is 12.2. The maximum Gasteiger partial charge on any atom is 0.257 e. The Morgan fingerprint density at radius 2 is 1.85 bits per heavy atom. The molecule has 3 aromatic heterocycles. The van der Waals surface area contributed by atoms with Gasteiger partial charge in [-0.1, -0.05) is 12.1 Å². The van der Waals surface area contributed by atoms with Crippen molar-refractivity contribution in [1.29, 1.82) is 0 Å². The summed E-state index contributed by atoms with van der Waals surface area (Å²) in [5, 5.41) is 14.9. The summed E-state index contributed by atoms with van der Waals surface area (Å²) >= 11 is 0. The molecule has 1 aliphatic heterocycles. The molecule has 10 nitrogen and oxygen atoms in total. The minimum Gasteiger partial charge on any atom is -0.379 e. The monoisotopic (exact) mass is 570 g/mol. The lowest BCUT2D eigenvalue weighted by Crippen LogP contribution is -2.46. The van der Waals surface area contributed by atoms with Gasteiger partial charge in [0.1, 0.15) is 17.5 Å². The Morgan fingerprint density at radius 3 is 2.51 bits per heavy atom. The van der Waals surface area contributed by atoms with Crippen LogP contribution in [-0.4, -0.2) is 50.7 Å². The summed E-state index contributed by atoms with van der Waals surface area (Å²) in [6.45, 7) is 4.79. The van der Waals surface area contributed by atoms with Gasteiger partial charge in [0, 0.05) is 19.3 Å². The van der Waals surface area contributed by atoms with E-state index in [9.17, 15) is 18.4 Å². The van der Waals surface area contributed by atoms with E-state index in [1.54, 1.807) is 16.9 Å². The van der Waals surface area contributed by atoms with E-state index in [0.717, 1.165) is 24.8 Å². The van der Waals surface area contributed by atoms with Crippen molar-refractivity contribution in [2.75, 3.05) is 13.2 Å². The molecule has 4 heterocycles. The summed E-state index contributed by atoms with van der Waals surface area (Å²) in [6.07, 6.45) is 8.14. The van der Waals surface area contributed by atoms with Gasteiger partial charge in [-0.2, -0.15) is 5.10 Å². The van der Waals surface area contributed by atoms with Crippen molar-refractivity contribution in [2.45, 2.75) is 88.6 Å². The number of imidazole rings is 1. The molecule has 3 aliphatic rings. The molecular formula is C29H36F2N6O4. The molecule has 3 aromatic rings. The highest BCUT2D eigenvalue weighted by atomic mass is 19.3. The van der Waals surface area contributed by atoms with E-state index >= 15 is 0 Å². The molecule has 12 heteroatoms. The van der Waals surface area contributed by atoms with Crippen molar-refractivity contribution >= 4 is 17.5 Å². The predicted octanol–water partition coefficient (Wildman–Crippen LogP) is 4.67. The Balaban J connectivity index is 1.29. The number of hydrogen-bond acceptors (Lipinski definition) is 7. The van der Waals surface area contributed by atoms with E-state index in [2.05, 4.69) is 20.9 Å². The van der Waals surface area contributed by atoms with Gasteiger partial charge in [-0.15, -0.1) is 0 Å². The largest absolute Gasteiger partial charge is 0.379 e. The third-order valence-electron chi connectivity index (χ3n) is 8.67. The lowest BCUT2D eigenvalue weighted by Gasteiger charge is -2.37. The number of aromatic nitrogens is 4. The normalized spacial score (nSPS) is 21.7. The number of rotatable bonds is 10. The Hall–Kier alpha value is -3.41. The number of carbonyl (C=O) groups excluding carboxylic acids is 2. The molecule has 2 atom stereocenters. The standard InChI is InChI=1S/C29H36F2N6O4/c1-3-4-23(38)34-24(17-5-6-17)19-11-22-33-21(13-37(22)32-12-19)25(18-7-9-29(30,31)10-8-18)35-27(39)20-14-41-36-26(20)28(2)15-40-16-28/h11-14,17-18,24-25H,3-10,15-16H2,1-2H3,(H,34,38)(H,35,39)/t24-,25+/m1/s1. The zero-order chi connectivity index (χ0) is 28.8. The van der Waals surface area contributed by atoms with E-state index in [0.29, 0.717) is 48.2 Å². The smallest absolute Gasteiger partial charge is 0.257 e. The summed E-state index contributed by atoms with van der Waals surface area (Å²) in [5.41, 5.74) is 2.40. The molecule has 2 amide bonds. The number of nitrogens with one attached hydrogen (secondary N) is 2. The van der Waals surface area contributed by atoms with Crippen LogP contribution in [0.1, 0.15) is 105 Å². The molecule has 0 unspecified atom stereocenters. The number of alkyl halides is 2. The second kappa shape index (κ2) is 10.8. The highest BCUT2D eigenvalue weighted by molar-refractivity contribution is 5.95. The van der Waals surface area contributed by atoms with Crippen LogP contribution >= 0.6 is 0 Å². The Labute approximate surface area is 236 Å². The number of nitrogens with zero attached hydrogens (tertiary/aromatic N) is 4. The van der Waals surface area contributed by atoms with Crippen molar-refractivity contribution in [3.63, 3.8) is 0 Å². The van der Waals surface area contributed by atoms with Gasteiger partial charge in [0.15, 0.2) is 5.65 Å². The highest BCUT2D eigenvalue weighted by Gasteiger charge is 2.43. The van der Waals surface area contributed by atoms with Crippen LogP contribution in [0.4, 0.5) is 8.78 Å². The second-order valence-corrected chi connectivity index (χ2v) is 12.2. The SMILES string of the molecule is CCCC(=O)N[C@@H](c1cnn2cc([C@@H](NC(=O)c3conc3C3(C)COC3)C3CCC(F)(F)CC3)nc2c1)C1CC1. The first-order valence-electron chi connectivity index (χ1n) is 14.5. The summed E-state index contributed by atoms with van der Waals surface area (Å²) in [5.74, 6) is -2.95. The predicted molar refractivity (Wildman–Crippen MR) is 143 cm³/mol. The summed E-state index contributed by atoms with van der Waals surface area (Å²) in [4.78, 5) is 30.8. The lowest BCUT2D eigenvalue weighted by molar-refractivity contribution is -0.122. The van der Waals surface area contributed by atoms with Gasteiger partial charge in [0.25, 0.3) is 5.91 Å². The number of fused-ring (bicyclic) bond motifs is 1. The van der Waals surface area contributed by atoms with Crippen molar-refractivity contribution in [2.24, 2.45) is 11.8 Å². The summed E-state index contributed by atoms with van der Waals surface area (Å²) < 4.78 is 40.3. The highest BCUT2D eigenvalue weighted by Crippen LogP contribution is 2.43. The quantitative estimate of drug-likeness (QED) is 0.363. The van der Waals surface area contributed by atoms with Gasteiger partial charge in [-0.05, 0) is 62.5 Å². The van der Waals surface area contributed by atoms with Crippen molar-refractivity contribution in [3.8, 4) is 0 Å². The van der Waals surface area contributed by atoms with E-state index in [-0.39, 0.29) is 43.6 Å². The van der Waals surface area contributed by atoms with Gasteiger partial charge < -0.3 is 19.9 Å². The van der Waals surface area contributed by atoms with Gasteiger partial charge in [-0.25, -0.2) is 18.3 Å². The molecule has 2 N–H and O–H groups in total. The van der Waals surface area contributed by atoms with Crippen LogP contribution in [0, 0.1) is 11.8 Å². The number of hydrogen-bond donors (Lipinski definition) is 2. The molecule has 2 saturated carbocycles. The molecule has 220 valence electrons. The minimum absolute atomic E-state index is 0.0145. The van der Waals surface area contributed by atoms with Crippen LogP contribution in [0.5, 0.6) is 0 Å². The Bertz CT molecular complexity index is 1420. The van der Waals surface area contributed by atoms with Crippen molar-refractivity contribution < 1.29 is 27.6 Å². The molecule has 1 saturated heterocycles. The maximum atomic E-state index is 14.1. The van der Waals surface area contributed by atoms with Crippen LogP contribution in [-0.2, 0) is 14.9 Å². The third kappa shape index (κ3) is 5.71. The van der Waals surface area contributed by atoms with Crippen LogP contribution in [0.3, 0.4) is 0 Å². The maximum absolute atomic E-state index is 14.1. The average Bonchev–Trinajstić information content (AvgIpc) is 3.47. The average molecular weight is 571 g/mol. The first-order chi connectivity index (χ1) is 19.7. The molecule has 41 heavy (non-hydrogen) atoms. The fourth-order valence-corrected chi connectivity index (χ4v) is 6.03. The van der Waals surface area contributed by atoms with E-state index in [1.165, 1.54) is 6.26 Å². The van der Waals surface area contributed by atoms with E-state index < -0.39 is 23.3 Å². The van der Waals surface area contributed by atoms with Crippen LogP contribution < -0.4 is 10.6 Å². The molecule has 2 aliphatic carbocycles. The molecule has 0 spiro atoms. The van der Waals surface area contributed by atoms with Crippen LogP contribution in [0.15, 0.2) is 29.2 Å². The molecular weight excluding hydrogens is 534 g/mol. The fraction of sp³-hybridized carbons (Fsp3) is 0.621. The summed E-state index contributed by atoms with van der Waals surface area (Å²) in [6, 6.07) is 1.17. The molecule has 0 aromatic carbocycles. The zero-order valence-corrected chi connectivity index (χ0v) is 23.4. The molecule has 3 fully saturated rings. The molecule has 0 radical (unpaired) electrons. The first-order valence-corrected chi connectivity index (χ1v) is 14.5. The van der Waals surface area contributed by atoms with E-state index in [1.807, 2.05) is 19.9 Å². The number of ether oxygens (including phenoxy) is 1.